The Hall–Kier alpha value is -1.67. The third-order valence-electron chi connectivity index (χ3n) is 5.49. The number of pyridine rings is 1. The van der Waals surface area contributed by atoms with Crippen molar-refractivity contribution in [3.63, 3.8) is 0 Å². The molecule has 3 aliphatic rings. The molecule has 2 aromatic rings. The van der Waals surface area contributed by atoms with E-state index in [1.165, 1.54) is 5.56 Å². The Kier molecular flexibility index (Phi) is 3.15. The number of hydrogen-bond donors (Lipinski definition) is 2. The minimum absolute atomic E-state index is 0.132. The Bertz CT molecular complexity index is 903. The molecule has 2 aromatic heterocycles. The molecule has 5 rings (SSSR count). The average Bonchev–Trinajstić information content (AvgIpc) is 3.20. The van der Waals surface area contributed by atoms with Crippen LogP contribution in [-0.2, 0) is 16.4 Å². The minimum Gasteiger partial charge on any atom is -0.369 e. The van der Waals surface area contributed by atoms with Crippen LogP contribution in [0.1, 0.15) is 42.9 Å². The Morgan fingerprint density at radius 3 is 2.96 bits per heavy atom. The predicted molar refractivity (Wildman–Crippen MR) is 91.6 cm³/mol. The molecule has 24 heavy (non-hydrogen) atoms. The molecule has 2 fully saturated rings. The lowest BCUT2D eigenvalue weighted by molar-refractivity contribution is 0.313. The van der Waals surface area contributed by atoms with Crippen molar-refractivity contribution in [3.8, 4) is 0 Å². The summed E-state index contributed by atoms with van der Waals surface area (Å²) >= 11 is 0. The summed E-state index contributed by atoms with van der Waals surface area (Å²) in [6.07, 6.45) is 6.29. The van der Waals surface area contributed by atoms with Crippen molar-refractivity contribution >= 4 is 26.7 Å². The number of H-pyrrole nitrogens is 1. The summed E-state index contributed by atoms with van der Waals surface area (Å²) in [6.45, 7) is 2.13. The molecular formula is C16H21N5O2S. The van der Waals surface area contributed by atoms with Gasteiger partial charge in [-0.1, -0.05) is 0 Å². The first-order chi connectivity index (χ1) is 11.6. The molecule has 4 heterocycles. The fraction of sp³-hybridized carbons (Fsp3) is 0.625. The number of aromatic nitrogens is 3. The second kappa shape index (κ2) is 5.16. The molecule has 128 valence electrons. The van der Waals surface area contributed by atoms with Gasteiger partial charge in [0.15, 0.2) is 0 Å². The number of fused-ring (bicyclic) bond motifs is 3. The van der Waals surface area contributed by atoms with Crippen LogP contribution in [0.2, 0.25) is 0 Å². The van der Waals surface area contributed by atoms with E-state index < -0.39 is 10.0 Å². The SMILES string of the molecule is O=S(=O)(C1CC1)N1CCCC(c2[nH]nc3cnc4c(c23)CCN4)C1. The summed E-state index contributed by atoms with van der Waals surface area (Å²) in [5.41, 5.74) is 3.19. The number of nitrogens with zero attached hydrogens (tertiary/aromatic N) is 3. The summed E-state index contributed by atoms with van der Waals surface area (Å²) in [7, 11) is -3.10. The normalized spacial score (nSPS) is 24.9. The number of rotatable bonds is 3. The molecule has 8 heteroatoms. The Morgan fingerprint density at radius 2 is 2.12 bits per heavy atom. The number of hydrogen-bond acceptors (Lipinski definition) is 5. The van der Waals surface area contributed by atoms with Crippen LogP contribution in [0.15, 0.2) is 6.20 Å². The minimum atomic E-state index is -3.10. The molecule has 0 spiro atoms. The van der Waals surface area contributed by atoms with E-state index in [9.17, 15) is 8.42 Å². The molecule has 1 saturated carbocycles. The van der Waals surface area contributed by atoms with Crippen molar-refractivity contribution in [1.82, 2.24) is 19.5 Å². The largest absolute Gasteiger partial charge is 0.369 e. The molecule has 1 saturated heterocycles. The van der Waals surface area contributed by atoms with Crippen molar-refractivity contribution in [2.75, 3.05) is 25.0 Å². The van der Waals surface area contributed by atoms with Gasteiger partial charge in [0.05, 0.1) is 11.4 Å². The van der Waals surface area contributed by atoms with E-state index in [1.54, 1.807) is 10.5 Å². The van der Waals surface area contributed by atoms with E-state index in [-0.39, 0.29) is 11.2 Å². The summed E-state index contributed by atoms with van der Waals surface area (Å²) in [5.74, 6) is 1.13. The van der Waals surface area contributed by atoms with Crippen molar-refractivity contribution in [3.05, 3.63) is 17.5 Å². The summed E-state index contributed by atoms with van der Waals surface area (Å²) in [5, 5.41) is 11.9. The van der Waals surface area contributed by atoms with E-state index in [0.717, 1.165) is 61.1 Å². The van der Waals surface area contributed by atoms with Crippen LogP contribution in [0.5, 0.6) is 0 Å². The van der Waals surface area contributed by atoms with Crippen LogP contribution < -0.4 is 5.32 Å². The van der Waals surface area contributed by atoms with Gasteiger partial charge in [0.25, 0.3) is 0 Å². The van der Waals surface area contributed by atoms with Crippen molar-refractivity contribution in [1.29, 1.82) is 0 Å². The second-order valence-corrected chi connectivity index (χ2v) is 9.31. The standard InChI is InChI=1S/C16H21N5O2S/c22-24(23,11-3-4-11)21-7-1-2-10(9-21)15-14-12-5-6-17-16(12)18-8-13(14)19-20-15/h8,10-11H,1-7,9H2,(H,17,18)(H,19,20). The van der Waals surface area contributed by atoms with Gasteiger partial charge >= 0.3 is 0 Å². The zero-order valence-electron chi connectivity index (χ0n) is 13.5. The van der Waals surface area contributed by atoms with Crippen LogP contribution in [-0.4, -0.2) is 52.8 Å². The Labute approximate surface area is 140 Å². The molecule has 0 aromatic carbocycles. The van der Waals surface area contributed by atoms with E-state index in [0.29, 0.717) is 13.1 Å². The quantitative estimate of drug-likeness (QED) is 0.880. The third kappa shape index (κ3) is 2.16. The zero-order valence-corrected chi connectivity index (χ0v) is 14.3. The van der Waals surface area contributed by atoms with Gasteiger partial charge in [-0.15, -0.1) is 0 Å². The zero-order chi connectivity index (χ0) is 16.3. The van der Waals surface area contributed by atoms with E-state index in [4.69, 9.17) is 0 Å². The topological polar surface area (TPSA) is 91.0 Å². The predicted octanol–water partition coefficient (Wildman–Crippen LogP) is 1.60. The molecule has 0 radical (unpaired) electrons. The van der Waals surface area contributed by atoms with Crippen molar-refractivity contribution in [2.45, 2.75) is 43.3 Å². The maximum absolute atomic E-state index is 12.6. The fourth-order valence-electron chi connectivity index (χ4n) is 4.09. The highest BCUT2D eigenvalue weighted by Crippen LogP contribution is 2.38. The highest BCUT2D eigenvalue weighted by Gasteiger charge is 2.42. The van der Waals surface area contributed by atoms with Crippen molar-refractivity contribution < 1.29 is 8.42 Å². The lowest BCUT2D eigenvalue weighted by Gasteiger charge is -2.31. The molecular weight excluding hydrogens is 326 g/mol. The first kappa shape index (κ1) is 14.7. The van der Waals surface area contributed by atoms with Gasteiger partial charge < -0.3 is 5.32 Å². The molecule has 1 atom stereocenters. The molecule has 1 aliphatic carbocycles. The molecule has 7 nitrogen and oxygen atoms in total. The fourth-order valence-corrected chi connectivity index (χ4v) is 6.01. The van der Waals surface area contributed by atoms with E-state index in [1.807, 2.05) is 0 Å². The molecule has 1 unspecified atom stereocenters. The molecule has 2 N–H and O–H groups in total. The molecule has 2 aliphatic heterocycles. The van der Waals surface area contributed by atoms with Gasteiger partial charge in [-0.3, -0.25) is 5.10 Å². The van der Waals surface area contributed by atoms with Crippen LogP contribution in [0.3, 0.4) is 0 Å². The highest BCUT2D eigenvalue weighted by atomic mass is 32.2. The Balaban J connectivity index is 1.52. The number of sulfonamides is 1. The molecule has 0 bridgehead atoms. The number of anilines is 1. The monoisotopic (exact) mass is 347 g/mol. The van der Waals surface area contributed by atoms with Crippen LogP contribution in [0.4, 0.5) is 5.82 Å². The first-order valence-electron chi connectivity index (χ1n) is 8.73. The van der Waals surface area contributed by atoms with Gasteiger partial charge in [0.2, 0.25) is 10.0 Å². The van der Waals surface area contributed by atoms with Crippen LogP contribution >= 0.6 is 0 Å². The van der Waals surface area contributed by atoms with Gasteiger partial charge in [-0.05, 0) is 32.1 Å². The molecule has 0 amide bonds. The highest BCUT2D eigenvalue weighted by molar-refractivity contribution is 7.90. The average molecular weight is 347 g/mol. The van der Waals surface area contributed by atoms with Gasteiger partial charge in [-0.25, -0.2) is 17.7 Å². The van der Waals surface area contributed by atoms with E-state index in [2.05, 4.69) is 20.5 Å². The smallest absolute Gasteiger partial charge is 0.217 e. The van der Waals surface area contributed by atoms with Crippen LogP contribution in [0, 0.1) is 0 Å². The van der Waals surface area contributed by atoms with E-state index >= 15 is 0 Å². The van der Waals surface area contributed by atoms with Gasteiger partial charge in [0, 0.05) is 42.2 Å². The number of nitrogens with one attached hydrogen (secondary N) is 2. The Morgan fingerprint density at radius 1 is 1.25 bits per heavy atom. The summed E-state index contributed by atoms with van der Waals surface area (Å²) < 4.78 is 26.9. The van der Waals surface area contributed by atoms with Crippen molar-refractivity contribution in [2.24, 2.45) is 0 Å². The van der Waals surface area contributed by atoms with Gasteiger partial charge in [0.1, 0.15) is 11.3 Å². The summed E-state index contributed by atoms with van der Waals surface area (Å²) in [6, 6.07) is 0. The summed E-state index contributed by atoms with van der Waals surface area (Å²) in [4.78, 5) is 4.43. The maximum atomic E-state index is 12.6. The lowest BCUT2D eigenvalue weighted by atomic mass is 9.92. The van der Waals surface area contributed by atoms with Gasteiger partial charge in [-0.2, -0.15) is 5.10 Å². The first-order valence-corrected chi connectivity index (χ1v) is 10.2. The maximum Gasteiger partial charge on any atom is 0.217 e. The van der Waals surface area contributed by atoms with Crippen LogP contribution in [0.25, 0.3) is 10.9 Å². The number of aromatic amines is 1. The second-order valence-electron chi connectivity index (χ2n) is 7.10. The number of piperidine rings is 1. The third-order valence-corrected chi connectivity index (χ3v) is 7.86. The lowest BCUT2D eigenvalue weighted by Crippen LogP contribution is -2.41.